The number of nitrogens with zero attached hydrogens (tertiary/aromatic N) is 2. The Hall–Kier alpha value is -6.29. The van der Waals surface area contributed by atoms with Crippen molar-refractivity contribution in [2.75, 3.05) is 0 Å². The van der Waals surface area contributed by atoms with E-state index >= 15 is 0 Å². The maximum Gasteiger partial charge on any atom is 0.179 e. The maximum atomic E-state index is 5.06. The molecule has 0 saturated carbocycles. The minimum Gasteiger partial charge on any atom is -0.309 e. The van der Waals surface area contributed by atoms with Gasteiger partial charge in [0.05, 0.1) is 16.7 Å². The van der Waals surface area contributed by atoms with Crippen molar-refractivity contribution < 1.29 is 0 Å². The molecule has 0 aliphatic carbocycles. The van der Waals surface area contributed by atoms with Crippen molar-refractivity contribution >= 4 is 50.6 Å². The van der Waals surface area contributed by atoms with Crippen molar-refractivity contribution in [1.82, 2.24) is 9.55 Å². The fraction of sp³-hybridized carbons (Fsp3) is 0. The highest BCUT2D eigenvalue weighted by Crippen LogP contribution is 2.37. The van der Waals surface area contributed by atoms with Crippen LogP contribution in [0.25, 0.3) is 49.9 Å². The lowest BCUT2D eigenvalue weighted by atomic mass is 9.96. The zero-order valence-electron chi connectivity index (χ0n) is 27.5. The first kappa shape index (κ1) is 29.8. The van der Waals surface area contributed by atoms with E-state index in [1.165, 1.54) is 53.7 Å². The number of fused-ring (bicyclic) bond motifs is 3. The van der Waals surface area contributed by atoms with Crippen molar-refractivity contribution in [2.45, 2.75) is 0 Å². The van der Waals surface area contributed by atoms with Crippen molar-refractivity contribution in [3.63, 3.8) is 0 Å². The predicted molar refractivity (Wildman–Crippen MR) is 213 cm³/mol. The molecule has 2 heterocycles. The Morgan fingerprint density at radius 2 is 0.900 bits per heavy atom. The topological polar surface area (TPSA) is 17.8 Å². The second-order valence-electron chi connectivity index (χ2n) is 12.7. The van der Waals surface area contributed by atoms with E-state index in [-0.39, 0.29) is 0 Å². The standard InChI is InChI=1S/C47H34N2Si/c1-5-17-36(18-6-1)49-46-28-16-15-27-43(46)44-33-35(29-30-47(44)49)41-25-13-14-26-42(41)45-34-40(31-32-48-45)50(37-19-7-2-8-20-37,38-21-9-3-10-22-38)39-23-11-4-12-24-39/h1-34H. The second kappa shape index (κ2) is 12.6. The SMILES string of the molecule is c1ccc(-n2c3ccccc3c3cc(-c4ccccc4-c4cc([Si](c5ccccc5)(c5ccccc5)c5ccccc5)ccn4)ccc32)cc1. The Balaban J connectivity index is 1.25. The van der Waals surface area contributed by atoms with Crippen LogP contribution in [0.4, 0.5) is 0 Å². The molecule has 2 nitrogen and oxygen atoms in total. The Morgan fingerprint density at radius 3 is 1.54 bits per heavy atom. The zero-order chi connectivity index (χ0) is 33.3. The van der Waals surface area contributed by atoms with Crippen LogP contribution in [-0.4, -0.2) is 17.6 Å². The molecule has 0 atom stereocenters. The van der Waals surface area contributed by atoms with Crippen LogP contribution < -0.4 is 20.7 Å². The normalized spacial score (nSPS) is 11.6. The van der Waals surface area contributed by atoms with Crippen molar-refractivity contribution in [1.29, 1.82) is 0 Å². The van der Waals surface area contributed by atoms with Crippen molar-refractivity contribution in [2.24, 2.45) is 0 Å². The molecule has 0 fully saturated rings. The smallest absolute Gasteiger partial charge is 0.179 e. The highest BCUT2D eigenvalue weighted by Gasteiger charge is 2.41. The third-order valence-electron chi connectivity index (χ3n) is 10.0. The molecule has 0 spiro atoms. The molecule has 9 aromatic rings. The molecule has 50 heavy (non-hydrogen) atoms. The summed E-state index contributed by atoms with van der Waals surface area (Å²) in [6.07, 6.45) is 2.01. The molecule has 2 aromatic heterocycles. The molecule has 3 heteroatoms. The molecule has 0 unspecified atom stereocenters. The second-order valence-corrected chi connectivity index (χ2v) is 16.6. The summed E-state index contributed by atoms with van der Waals surface area (Å²) in [5.74, 6) is 0. The summed E-state index contributed by atoms with van der Waals surface area (Å²) in [5.41, 5.74) is 8.01. The van der Waals surface area contributed by atoms with Crippen LogP contribution >= 0.6 is 0 Å². The van der Waals surface area contributed by atoms with Crippen LogP contribution in [0.15, 0.2) is 206 Å². The van der Waals surface area contributed by atoms with Crippen molar-refractivity contribution in [3.05, 3.63) is 206 Å². The fourth-order valence-corrected chi connectivity index (χ4v) is 12.6. The van der Waals surface area contributed by atoms with Gasteiger partial charge in [0, 0.05) is 28.2 Å². The Kier molecular flexibility index (Phi) is 7.53. The summed E-state index contributed by atoms with van der Waals surface area (Å²) in [7, 11) is -2.70. The molecular weight excluding hydrogens is 621 g/mol. The third kappa shape index (κ3) is 4.90. The first-order chi connectivity index (χ1) is 24.8. The molecule has 0 aliphatic heterocycles. The molecule has 0 aliphatic rings. The van der Waals surface area contributed by atoms with Crippen LogP contribution in [-0.2, 0) is 0 Å². The quantitative estimate of drug-likeness (QED) is 0.124. The van der Waals surface area contributed by atoms with Gasteiger partial charge in [-0.2, -0.15) is 0 Å². The molecular formula is C47H34N2Si. The summed E-state index contributed by atoms with van der Waals surface area (Å²) in [6, 6.07) is 72.8. The van der Waals surface area contributed by atoms with Gasteiger partial charge in [0.15, 0.2) is 8.07 Å². The lowest BCUT2D eigenvalue weighted by molar-refractivity contribution is 1.18. The minimum atomic E-state index is -2.70. The van der Waals surface area contributed by atoms with Gasteiger partial charge in [0.2, 0.25) is 0 Å². The van der Waals surface area contributed by atoms with Gasteiger partial charge in [-0.1, -0.05) is 158 Å². The number of rotatable bonds is 7. The Labute approximate surface area is 293 Å². The lowest BCUT2D eigenvalue weighted by Gasteiger charge is -2.34. The van der Waals surface area contributed by atoms with E-state index in [2.05, 4.69) is 205 Å². The molecule has 236 valence electrons. The van der Waals surface area contributed by atoms with Gasteiger partial charge in [-0.3, -0.25) is 4.98 Å². The van der Waals surface area contributed by atoms with E-state index in [0.717, 1.165) is 16.9 Å². The highest BCUT2D eigenvalue weighted by molar-refractivity contribution is 7.19. The molecule has 7 aromatic carbocycles. The molecule has 0 bridgehead atoms. The van der Waals surface area contributed by atoms with E-state index in [4.69, 9.17) is 4.98 Å². The molecule has 9 rings (SSSR count). The van der Waals surface area contributed by atoms with Crippen LogP contribution in [0.1, 0.15) is 0 Å². The number of benzene rings is 7. The average molecular weight is 655 g/mol. The highest BCUT2D eigenvalue weighted by atomic mass is 28.3. The van der Waals surface area contributed by atoms with Gasteiger partial charge in [0.25, 0.3) is 0 Å². The molecule has 0 radical (unpaired) electrons. The van der Waals surface area contributed by atoms with Crippen LogP contribution in [0.5, 0.6) is 0 Å². The minimum absolute atomic E-state index is 0.976. The van der Waals surface area contributed by atoms with E-state index in [9.17, 15) is 0 Å². The van der Waals surface area contributed by atoms with Gasteiger partial charge in [-0.25, -0.2) is 0 Å². The van der Waals surface area contributed by atoms with Gasteiger partial charge in [0.1, 0.15) is 0 Å². The van der Waals surface area contributed by atoms with E-state index in [0.29, 0.717) is 0 Å². The summed E-state index contributed by atoms with van der Waals surface area (Å²) >= 11 is 0. The summed E-state index contributed by atoms with van der Waals surface area (Å²) in [5, 5.41) is 7.84. The van der Waals surface area contributed by atoms with Crippen LogP contribution in [0, 0.1) is 0 Å². The maximum absolute atomic E-state index is 5.06. The number of hydrogen-bond acceptors (Lipinski definition) is 1. The Bertz CT molecular complexity index is 2480. The largest absolute Gasteiger partial charge is 0.309 e. The molecule has 0 amide bonds. The first-order valence-corrected chi connectivity index (χ1v) is 19.1. The average Bonchev–Trinajstić information content (AvgIpc) is 3.54. The predicted octanol–water partition coefficient (Wildman–Crippen LogP) is 8.89. The summed E-state index contributed by atoms with van der Waals surface area (Å²) in [6.45, 7) is 0. The number of para-hydroxylation sites is 2. The van der Waals surface area contributed by atoms with Crippen molar-refractivity contribution in [3.8, 4) is 28.1 Å². The molecule has 0 saturated heterocycles. The fourth-order valence-electron chi connectivity index (χ4n) is 7.83. The van der Waals surface area contributed by atoms with Gasteiger partial charge >= 0.3 is 0 Å². The zero-order valence-corrected chi connectivity index (χ0v) is 28.5. The number of hydrogen-bond donors (Lipinski definition) is 0. The van der Waals surface area contributed by atoms with Crippen LogP contribution in [0.3, 0.4) is 0 Å². The summed E-state index contributed by atoms with van der Waals surface area (Å²) < 4.78 is 2.37. The van der Waals surface area contributed by atoms with E-state index in [1.54, 1.807) is 0 Å². The van der Waals surface area contributed by atoms with Gasteiger partial charge < -0.3 is 4.57 Å². The Morgan fingerprint density at radius 1 is 0.380 bits per heavy atom. The molecule has 0 N–H and O–H groups in total. The number of pyridine rings is 1. The summed E-state index contributed by atoms with van der Waals surface area (Å²) in [4.78, 5) is 5.06. The van der Waals surface area contributed by atoms with Gasteiger partial charge in [-0.15, -0.1) is 0 Å². The monoisotopic (exact) mass is 654 g/mol. The van der Waals surface area contributed by atoms with E-state index in [1.807, 2.05) is 6.20 Å². The number of aromatic nitrogens is 2. The van der Waals surface area contributed by atoms with Crippen LogP contribution in [0.2, 0.25) is 0 Å². The lowest BCUT2D eigenvalue weighted by Crippen LogP contribution is -2.74. The van der Waals surface area contributed by atoms with Gasteiger partial charge in [-0.05, 0) is 74.3 Å². The first-order valence-electron chi connectivity index (χ1n) is 17.1. The third-order valence-corrected chi connectivity index (χ3v) is 14.8. The van der Waals surface area contributed by atoms with E-state index < -0.39 is 8.07 Å².